The van der Waals surface area contributed by atoms with Crippen LogP contribution in [0.3, 0.4) is 0 Å². The van der Waals surface area contributed by atoms with E-state index in [1.807, 2.05) is 18.2 Å². The van der Waals surface area contributed by atoms with E-state index in [0.717, 1.165) is 15.8 Å². The van der Waals surface area contributed by atoms with Crippen molar-refractivity contribution in [2.75, 3.05) is 24.3 Å². The molecule has 0 atom stereocenters. The first-order valence-electron chi connectivity index (χ1n) is 5.21. The van der Waals surface area contributed by atoms with Crippen LogP contribution < -0.4 is 5.73 Å². The van der Waals surface area contributed by atoms with Gasteiger partial charge in [-0.25, -0.2) is 8.42 Å². The molecule has 0 aliphatic rings. The first-order chi connectivity index (χ1) is 7.92. The summed E-state index contributed by atoms with van der Waals surface area (Å²) >= 11 is 5.03. The van der Waals surface area contributed by atoms with Gasteiger partial charge >= 0.3 is 0 Å². The smallest absolute Gasteiger partial charge is 0.148 e. The number of benzene rings is 1. The molecular formula is C11H16BrNO2S2. The first-order valence-corrected chi connectivity index (χ1v) is 9.05. The van der Waals surface area contributed by atoms with Crippen molar-refractivity contribution in [1.29, 1.82) is 0 Å². The Kier molecular flexibility index (Phi) is 5.99. The third kappa shape index (κ3) is 5.90. The average Bonchev–Trinajstić information content (AvgIpc) is 2.20. The molecule has 0 saturated heterocycles. The second-order valence-corrected chi connectivity index (χ2v) is 8.03. The van der Waals surface area contributed by atoms with Gasteiger partial charge in [-0.3, -0.25) is 0 Å². The molecule has 0 bridgehead atoms. The summed E-state index contributed by atoms with van der Waals surface area (Å²) in [5.41, 5.74) is 6.68. The Balaban J connectivity index is 2.60. The molecule has 6 heteroatoms. The zero-order chi connectivity index (χ0) is 12.9. The third-order valence-electron chi connectivity index (χ3n) is 2.14. The van der Waals surface area contributed by atoms with Crippen LogP contribution in [0.25, 0.3) is 0 Å². The highest BCUT2D eigenvalue weighted by Crippen LogP contribution is 2.28. The summed E-state index contributed by atoms with van der Waals surface area (Å²) in [6.07, 6.45) is 2.11. The second kappa shape index (κ2) is 6.78. The van der Waals surface area contributed by atoms with E-state index in [1.165, 1.54) is 11.8 Å². The number of halogens is 1. The molecule has 0 saturated carbocycles. The Hall–Kier alpha value is -0.0400. The van der Waals surface area contributed by atoms with E-state index in [9.17, 15) is 8.42 Å². The maximum Gasteiger partial charge on any atom is 0.148 e. The van der Waals surface area contributed by atoms with Crippen molar-refractivity contribution in [1.82, 2.24) is 0 Å². The van der Waals surface area contributed by atoms with Crippen molar-refractivity contribution in [3.05, 3.63) is 28.2 Å². The predicted octanol–water partition coefficient (Wildman–Crippen LogP) is 2.09. The number of thioether (sulfide) groups is 1. The molecule has 0 aromatic heterocycles. The Bertz CT molecular complexity index is 474. The Morgan fingerprint density at radius 3 is 2.65 bits per heavy atom. The highest BCUT2D eigenvalue weighted by Gasteiger charge is 2.05. The largest absolute Gasteiger partial charge is 0.330 e. The van der Waals surface area contributed by atoms with Crippen LogP contribution in [-0.4, -0.2) is 32.7 Å². The fraction of sp³-hybridized carbons (Fsp3) is 0.455. The number of hydrogen-bond acceptors (Lipinski definition) is 4. The highest BCUT2D eigenvalue weighted by atomic mass is 79.9. The molecule has 0 radical (unpaired) electrons. The van der Waals surface area contributed by atoms with Crippen LogP contribution in [-0.2, 0) is 16.3 Å². The lowest BCUT2D eigenvalue weighted by Crippen LogP contribution is -2.05. The van der Waals surface area contributed by atoms with Crippen LogP contribution in [0, 0.1) is 0 Å². The van der Waals surface area contributed by atoms with E-state index in [0.29, 0.717) is 12.3 Å². The fourth-order valence-electron chi connectivity index (χ4n) is 1.29. The summed E-state index contributed by atoms with van der Waals surface area (Å²) in [7, 11) is -2.88. The standard InChI is InChI=1S/C11H16BrNO2S2/c1-17(14,15)7-6-16-11-3-2-9(4-5-13)8-10(11)12/h2-3,8H,4-7,13H2,1H3. The summed E-state index contributed by atoms with van der Waals surface area (Å²) in [5.74, 6) is 0.780. The highest BCUT2D eigenvalue weighted by molar-refractivity contribution is 9.10. The van der Waals surface area contributed by atoms with E-state index in [2.05, 4.69) is 15.9 Å². The molecule has 2 N–H and O–H groups in total. The van der Waals surface area contributed by atoms with Gasteiger partial charge in [0.15, 0.2) is 0 Å². The molecule has 1 aromatic rings. The maximum atomic E-state index is 11.0. The molecule has 3 nitrogen and oxygen atoms in total. The molecule has 0 heterocycles. The van der Waals surface area contributed by atoms with Crippen LogP contribution in [0.15, 0.2) is 27.6 Å². The molecule has 1 aromatic carbocycles. The van der Waals surface area contributed by atoms with Gasteiger partial charge in [0.2, 0.25) is 0 Å². The van der Waals surface area contributed by atoms with Crippen molar-refractivity contribution in [2.24, 2.45) is 5.73 Å². The van der Waals surface area contributed by atoms with Gasteiger partial charge < -0.3 is 5.73 Å². The molecule has 1 rings (SSSR count). The lowest BCUT2D eigenvalue weighted by atomic mass is 10.2. The van der Waals surface area contributed by atoms with Gasteiger partial charge in [0, 0.05) is 21.4 Å². The zero-order valence-electron chi connectivity index (χ0n) is 9.65. The van der Waals surface area contributed by atoms with Gasteiger partial charge in [-0.15, -0.1) is 11.8 Å². The quantitative estimate of drug-likeness (QED) is 0.807. The van der Waals surface area contributed by atoms with Gasteiger partial charge in [-0.2, -0.15) is 0 Å². The molecule has 0 spiro atoms. The summed E-state index contributed by atoms with van der Waals surface area (Å²) in [4.78, 5) is 1.06. The lowest BCUT2D eigenvalue weighted by molar-refractivity contribution is 0.603. The Labute approximate surface area is 115 Å². The van der Waals surface area contributed by atoms with E-state index >= 15 is 0 Å². The molecule has 96 valence electrons. The van der Waals surface area contributed by atoms with Gasteiger partial charge in [0.1, 0.15) is 9.84 Å². The topological polar surface area (TPSA) is 60.2 Å². The van der Waals surface area contributed by atoms with Crippen molar-refractivity contribution < 1.29 is 8.42 Å². The summed E-state index contributed by atoms with van der Waals surface area (Å²) < 4.78 is 23.0. The van der Waals surface area contributed by atoms with Crippen molar-refractivity contribution in [3.63, 3.8) is 0 Å². The summed E-state index contributed by atoms with van der Waals surface area (Å²) in [6, 6.07) is 6.07. The molecule has 0 aliphatic carbocycles. The molecule has 0 amide bonds. The number of nitrogens with two attached hydrogens (primary N) is 1. The molecule has 17 heavy (non-hydrogen) atoms. The van der Waals surface area contributed by atoms with E-state index in [1.54, 1.807) is 11.8 Å². The van der Waals surface area contributed by atoms with Gasteiger partial charge in [0.25, 0.3) is 0 Å². The van der Waals surface area contributed by atoms with Crippen molar-refractivity contribution in [2.45, 2.75) is 11.3 Å². The van der Waals surface area contributed by atoms with Crippen molar-refractivity contribution in [3.8, 4) is 0 Å². The monoisotopic (exact) mass is 337 g/mol. The number of rotatable bonds is 6. The van der Waals surface area contributed by atoms with E-state index in [4.69, 9.17) is 5.73 Å². The van der Waals surface area contributed by atoms with Crippen LogP contribution in [0.1, 0.15) is 5.56 Å². The molecule has 0 aliphatic heterocycles. The lowest BCUT2D eigenvalue weighted by Gasteiger charge is -2.06. The molecule has 0 unspecified atom stereocenters. The summed E-state index contributed by atoms with van der Waals surface area (Å²) in [5, 5.41) is 0. The van der Waals surface area contributed by atoms with E-state index in [-0.39, 0.29) is 5.75 Å². The predicted molar refractivity (Wildman–Crippen MR) is 77.3 cm³/mol. The number of hydrogen-bond donors (Lipinski definition) is 1. The van der Waals surface area contributed by atoms with Gasteiger partial charge in [-0.05, 0) is 46.6 Å². The van der Waals surface area contributed by atoms with Gasteiger partial charge in [-0.1, -0.05) is 6.07 Å². The van der Waals surface area contributed by atoms with Gasteiger partial charge in [0.05, 0.1) is 5.75 Å². The normalized spacial score (nSPS) is 11.7. The minimum atomic E-state index is -2.88. The summed E-state index contributed by atoms with van der Waals surface area (Å²) in [6.45, 7) is 0.632. The zero-order valence-corrected chi connectivity index (χ0v) is 12.9. The first kappa shape index (κ1) is 15.0. The van der Waals surface area contributed by atoms with Crippen LogP contribution >= 0.6 is 27.7 Å². The average molecular weight is 338 g/mol. The fourth-order valence-corrected chi connectivity index (χ4v) is 4.18. The SMILES string of the molecule is CS(=O)(=O)CCSc1ccc(CCN)cc1Br. The molecule has 0 fully saturated rings. The minimum Gasteiger partial charge on any atom is -0.330 e. The third-order valence-corrected chi connectivity index (χ3v) is 5.34. The Morgan fingerprint density at radius 1 is 1.41 bits per heavy atom. The van der Waals surface area contributed by atoms with Crippen molar-refractivity contribution >= 4 is 37.5 Å². The minimum absolute atomic E-state index is 0.203. The Morgan fingerprint density at radius 2 is 2.12 bits per heavy atom. The number of sulfone groups is 1. The maximum absolute atomic E-state index is 11.0. The van der Waals surface area contributed by atoms with E-state index < -0.39 is 9.84 Å². The van der Waals surface area contributed by atoms with Crippen LogP contribution in [0.5, 0.6) is 0 Å². The van der Waals surface area contributed by atoms with Crippen LogP contribution in [0.2, 0.25) is 0 Å². The second-order valence-electron chi connectivity index (χ2n) is 3.78. The molecular weight excluding hydrogens is 322 g/mol. The van der Waals surface area contributed by atoms with Crippen LogP contribution in [0.4, 0.5) is 0 Å².